The summed E-state index contributed by atoms with van der Waals surface area (Å²) >= 11 is 0. The van der Waals surface area contributed by atoms with E-state index in [4.69, 9.17) is 0 Å². The molecule has 1 aromatic rings. The fourth-order valence-electron chi connectivity index (χ4n) is 4.69. The van der Waals surface area contributed by atoms with Crippen molar-refractivity contribution in [2.75, 3.05) is 20.0 Å². The summed E-state index contributed by atoms with van der Waals surface area (Å²) in [5, 5.41) is 20.0. The van der Waals surface area contributed by atoms with Crippen molar-refractivity contribution in [2.24, 2.45) is 0 Å². The van der Waals surface area contributed by atoms with Crippen LogP contribution in [0.15, 0.2) is 30.3 Å². The first-order valence-electron chi connectivity index (χ1n) is 8.79. The predicted molar refractivity (Wildman–Crippen MR) is 104 cm³/mol. The number of aliphatic carboxylic acids is 1. The van der Waals surface area contributed by atoms with Crippen LogP contribution in [0.1, 0.15) is 25.8 Å². The molecule has 0 saturated carbocycles. The second-order valence-electron chi connectivity index (χ2n) is 7.84. The summed E-state index contributed by atoms with van der Waals surface area (Å²) in [5.74, 6) is -1.85. The van der Waals surface area contributed by atoms with Crippen LogP contribution >= 0.6 is 10.0 Å². The van der Waals surface area contributed by atoms with Gasteiger partial charge in [-0.3, -0.25) is 9.59 Å². The number of aliphatic hydroxyl groups is 1. The fourth-order valence-corrected chi connectivity index (χ4v) is 9.24. The highest BCUT2D eigenvalue weighted by molar-refractivity contribution is 8.46. The maximum Gasteiger partial charge on any atom is 0.331 e. The first-order chi connectivity index (χ1) is 12.6. The molecular weight excluding hydrogens is 368 g/mol. The Balaban J connectivity index is 2.25. The smallest absolute Gasteiger partial charge is 0.331 e. The summed E-state index contributed by atoms with van der Waals surface area (Å²) in [7, 11) is 0.670. The van der Waals surface area contributed by atoms with E-state index in [9.17, 15) is 24.6 Å². The lowest BCUT2D eigenvalue weighted by molar-refractivity contribution is -0.168. The number of carboxylic acids is 1. The van der Waals surface area contributed by atoms with Crippen molar-refractivity contribution >= 4 is 27.1 Å². The normalized spacial score (nSPS) is 31.2. The van der Waals surface area contributed by atoms with E-state index in [0.29, 0.717) is 0 Å². The van der Waals surface area contributed by atoms with Gasteiger partial charge in [0.1, 0.15) is 0 Å². The minimum atomic E-state index is -2.54. The minimum absolute atomic E-state index is 0.0911. The van der Waals surface area contributed by atoms with E-state index in [1.54, 1.807) is 27.9 Å². The molecule has 2 N–H and O–H groups in total. The number of hydrogen-bond donors (Lipinski definition) is 2. The van der Waals surface area contributed by atoms with Crippen LogP contribution in [0, 0.1) is 0 Å². The number of rotatable bonds is 4. The molecule has 2 amide bonds. The zero-order valence-corrected chi connectivity index (χ0v) is 16.8. The Hall–Kier alpha value is -2.06. The van der Waals surface area contributed by atoms with Gasteiger partial charge in [0.2, 0.25) is 5.91 Å². The summed E-state index contributed by atoms with van der Waals surface area (Å²) in [6.07, 6.45) is 0.191. The van der Waals surface area contributed by atoms with Gasteiger partial charge in [-0.25, -0.2) is 4.79 Å². The van der Waals surface area contributed by atoms with Crippen LogP contribution in [-0.4, -0.2) is 72.8 Å². The van der Waals surface area contributed by atoms with E-state index in [0.717, 1.165) is 5.56 Å². The van der Waals surface area contributed by atoms with E-state index < -0.39 is 37.6 Å². The van der Waals surface area contributed by atoms with E-state index in [2.05, 4.69) is 0 Å². The van der Waals surface area contributed by atoms with Gasteiger partial charge >= 0.3 is 5.97 Å². The molecule has 3 rings (SSSR count). The van der Waals surface area contributed by atoms with Gasteiger partial charge < -0.3 is 20.0 Å². The Morgan fingerprint density at radius 2 is 1.85 bits per heavy atom. The second kappa shape index (κ2) is 6.24. The Labute approximate surface area is 160 Å². The number of carbonyl (C=O) groups is 3. The highest BCUT2D eigenvalue weighted by Gasteiger charge is 2.78. The second-order valence-corrected chi connectivity index (χ2v) is 11.6. The molecule has 1 aromatic carbocycles. The molecule has 2 aliphatic rings. The number of β-lactam (4-membered cyclic amide) rings is 1. The van der Waals surface area contributed by atoms with Crippen molar-refractivity contribution in [3.05, 3.63) is 35.9 Å². The van der Waals surface area contributed by atoms with E-state index in [1.165, 1.54) is 9.80 Å². The van der Waals surface area contributed by atoms with Crippen molar-refractivity contribution in [3.8, 4) is 0 Å². The molecule has 2 fully saturated rings. The molecular formula is C19H26N2O5S. The van der Waals surface area contributed by atoms with Gasteiger partial charge in [0.25, 0.3) is 5.24 Å². The first-order valence-corrected chi connectivity index (χ1v) is 10.7. The Kier molecular flexibility index (Phi) is 4.55. The summed E-state index contributed by atoms with van der Waals surface area (Å²) in [6.45, 7) is 3.45. The molecule has 2 heterocycles. The van der Waals surface area contributed by atoms with Crippen molar-refractivity contribution in [3.63, 3.8) is 0 Å². The largest absolute Gasteiger partial charge is 0.479 e. The number of fused-ring (bicyclic) bond motifs is 1. The maximum absolute atomic E-state index is 13.2. The summed E-state index contributed by atoms with van der Waals surface area (Å²) in [6, 6.07) is 9.12. The van der Waals surface area contributed by atoms with Gasteiger partial charge in [0.05, 0.1) is 17.7 Å². The lowest BCUT2D eigenvalue weighted by atomic mass is 9.77. The molecule has 27 heavy (non-hydrogen) atoms. The van der Waals surface area contributed by atoms with Crippen molar-refractivity contribution in [1.29, 1.82) is 0 Å². The molecule has 0 spiro atoms. The van der Waals surface area contributed by atoms with Crippen LogP contribution in [-0.2, 0) is 16.0 Å². The van der Waals surface area contributed by atoms with Gasteiger partial charge in [0.15, 0.2) is 5.54 Å². The average Bonchev–Trinajstić information content (AvgIpc) is 2.74. The quantitative estimate of drug-likeness (QED) is 0.760. The van der Waals surface area contributed by atoms with Crippen LogP contribution < -0.4 is 0 Å². The van der Waals surface area contributed by atoms with Crippen LogP contribution in [0.3, 0.4) is 0 Å². The van der Waals surface area contributed by atoms with Crippen LogP contribution in [0.4, 0.5) is 4.79 Å². The predicted octanol–water partition coefficient (Wildman–Crippen LogP) is 1.84. The molecule has 8 heteroatoms. The lowest BCUT2D eigenvalue weighted by Gasteiger charge is -2.50. The minimum Gasteiger partial charge on any atom is -0.479 e. The van der Waals surface area contributed by atoms with E-state index >= 15 is 0 Å². The van der Waals surface area contributed by atoms with E-state index in [-0.39, 0.29) is 24.0 Å². The van der Waals surface area contributed by atoms with Gasteiger partial charge in [0, 0.05) is 25.3 Å². The molecule has 2 aliphatic heterocycles. The number of benzene rings is 1. The third kappa shape index (κ3) is 2.23. The first kappa shape index (κ1) is 19.7. The topological polar surface area (TPSA) is 98.2 Å². The summed E-state index contributed by atoms with van der Waals surface area (Å²) < 4.78 is -1.12. The number of aliphatic hydroxyl groups excluding tert-OH is 1. The van der Waals surface area contributed by atoms with Gasteiger partial charge in [-0.1, -0.05) is 30.3 Å². The number of amides is 2. The zero-order chi connectivity index (χ0) is 20.2. The molecule has 0 unspecified atom stereocenters. The molecule has 0 radical (unpaired) electrons. The third-order valence-corrected chi connectivity index (χ3v) is 11.1. The standard InChI is InChI=1S/C19H26N2O5S/c1-18(2)19(16(24)25,11-13-8-6-5-7-9-13)21-14(23)10-15(21)27(18,12-22)17(26)20(3)4/h5-9,15,22H,10-12H2,1-4H3,(H,24,25)/t15-,19+/m1/s1. The highest BCUT2D eigenvalue weighted by atomic mass is 32.3. The van der Waals surface area contributed by atoms with Crippen LogP contribution in [0.25, 0.3) is 0 Å². The van der Waals surface area contributed by atoms with Crippen LogP contribution in [0.2, 0.25) is 0 Å². The summed E-state index contributed by atoms with van der Waals surface area (Å²) in [4.78, 5) is 41.3. The average molecular weight is 394 g/mol. The Morgan fingerprint density at radius 1 is 1.26 bits per heavy atom. The SMILES string of the molecule is CN(C)C(=O)[S@]1(CO)[C@@H]2CC(=O)N2[C@@](Cc2ccccc2)(C(=O)O)C1(C)C. The Morgan fingerprint density at radius 3 is 2.30 bits per heavy atom. The lowest BCUT2D eigenvalue weighted by Crippen LogP contribution is -2.68. The fraction of sp³-hybridized carbons (Fsp3) is 0.526. The molecule has 7 nitrogen and oxygen atoms in total. The van der Waals surface area contributed by atoms with Crippen molar-refractivity contribution in [2.45, 2.75) is 42.3 Å². The zero-order valence-electron chi connectivity index (χ0n) is 16.0. The number of carboxylic acid groups (broad SMARTS) is 1. The maximum atomic E-state index is 13.2. The number of carbonyl (C=O) groups excluding carboxylic acids is 2. The molecule has 3 atom stereocenters. The van der Waals surface area contributed by atoms with E-state index in [1.807, 2.05) is 30.3 Å². The van der Waals surface area contributed by atoms with Gasteiger partial charge in [-0.2, -0.15) is 0 Å². The molecule has 0 aliphatic carbocycles. The number of hydrogen-bond acceptors (Lipinski definition) is 4. The molecule has 148 valence electrons. The van der Waals surface area contributed by atoms with Crippen molar-refractivity contribution < 1.29 is 24.6 Å². The highest BCUT2D eigenvalue weighted by Crippen LogP contribution is 2.77. The Bertz CT molecular complexity index is 797. The van der Waals surface area contributed by atoms with Crippen LogP contribution in [0.5, 0.6) is 0 Å². The molecule has 0 aromatic heterocycles. The summed E-state index contributed by atoms with van der Waals surface area (Å²) in [5.41, 5.74) is -0.810. The van der Waals surface area contributed by atoms with Gasteiger partial charge in [-0.05, 0) is 19.4 Å². The monoisotopic (exact) mass is 394 g/mol. The van der Waals surface area contributed by atoms with Gasteiger partial charge in [-0.15, -0.1) is 10.0 Å². The molecule has 0 bridgehead atoms. The number of nitrogens with zero attached hydrogens (tertiary/aromatic N) is 2. The molecule has 2 saturated heterocycles. The third-order valence-electron chi connectivity index (χ3n) is 6.23. The van der Waals surface area contributed by atoms with Crippen molar-refractivity contribution in [1.82, 2.24) is 9.80 Å².